The third-order valence-electron chi connectivity index (χ3n) is 11.5. The van der Waals surface area contributed by atoms with E-state index in [4.69, 9.17) is 4.42 Å². The van der Waals surface area contributed by atoms with Gasteiger partial charge in [0.15, 0.2) is 5.58 Å². The Morgan fingerprint density at radius 2 is 0.793 bits per heavy atom. The maximum Gasteiger partial charge on any atom is 0.159 e. The van der Waals surface area contributed by atoms with Crippen molar-refractivity contribution in [3.8, 4) is 33.4 Å². The van der Waals surface area contributed by atoms with Crippen molar-refractivity contribution in [3.05, 3.63) is 200 Å². The molecular weight excluding hydrogens is 743 g/mol. The molecule has 0 amide bonds. The van der Waals surface area contributed by atoms with Gasteiger partial charge in [0, 0.05) is 57.7 Å². The fourth-order valence-corrected chi connectivity index (χ4v) is 11.2. The Hall–Kier alpha value is -6.98. The van der Waals surface area contributed by atoms with Crippen molar-refractivity contribution < 1.29 is 4.42 Å². The van der Waals surface area contributed by atoms with Crippen molar-refractivity contribution in [2.45, 2.75) is 0 Å². The lowest BCUT2D eigenvalue weighted by molar-refractivity contribution is 0.670. The predicted octanol–water partition coefficient (Wildman–Crippen LogP) is 16.8. The Balaban J connectivity index is 0.992. The van der Waals surface area contributed by atoms with Crippen LogP contribution in [-0.4, -0.2) is 0 Å². The molecule has 58 heavy (non-hydrogen) atoms. The summed E-state index contributed by atoms with van der Waals surface area (Å²) in [7, 11) is 0. The van der Waals surface area contributed by atoms with E-state index in [9.17, 15) is 0 Å². The van der Waals surface area contributed by atoms with E-state index in [2.05, 4.69) is 205 Å². The molecule has 0 atom stereocenters. The summed E-state index contributed by atoms with van der Waals surface area (Å²) < 4.78 is 12.2. The summed E-state index contributed by atoms with van der Waals surface area (Å²) >= 11 is 3.72. The lowest BCUT2D eigenvalue weighted by atomic mass is 9.99. The number of benzene rings is 9. The van der Waals surface area contributed by atoms with Crippen molar-refractivity contribution in [2.24, 2.45) is 0 Å². The first kappa shape index (κ1) is 33.2. The zero-order valence-electron chi connectivity index (χ0n) is 31.2. The van der Waals surface area contributed by atoms with Crippen LogP contribution in [0.25, 0.3) is 95.7 Å². The molecule has 0 aliphatic carbocycles. The van der Waals surface area contributed by atoms with Crippen LogP contribution in [-0.2, 0) is 0 Å². The second-order valence-electron chi connectivity index (χ2n) is 14.8. The Bertz CT molecular complexity index is 3500. The van der Waals surface area contributed by atoms with E-state index in [0.29, 0.717) is 0 Å². The third kappa shape index (κ3) is 5.23. The monoisotopic (exact) mass is 775 g/mol. The molecule has 9 aromatic carbocycles. The van der Waals surface area contributed by atoms with Gasteiger partial charge in [0.2, 0.25) is 0 Å². The maximum atomic E-state index is 7.01. The van der Waals surface area contributed by atoms with Crippen LogP contribution in [0.5, 0.6) is 0 Å². The van der Waals surface area contributed by atoms with Gasteiger partial charge in [0.25, 0.3) is 0 Å². The van der Waals surface area contributed by atoms with Crippen LogP contribution in [0.15, 0.2) is 205 Å². The standard InChI is InChI=1S/C54H33NOS2/c1-2-12-36(13-3-1)39-16-8-18-43-44-19-10-22-47(52(44)56-51(39)43)55(48-23-11-21-46-42-15-5-7-25-50(42)58-54(46)48)38-32-30-35(31-33-38)34-26-28-37(29-27-34)40-17-9-20-45-41-14-4-6-24-49(41)57-53(40)45/h1-33H. The highest BCUT2D eigenvalue weighted by Gasteiger charge is 2.23. The van der Waals surface area contributed by atoms with Crippen molar-refractivity contribution >= 4 is 102 Å². The average Bonchev–Trinajstić information content (AvgIpc) is 3.99. The molecule has 0 fully saturated rings. The summed E-state index contributed by atoms with van der Waals surface area (Å²) in [6, 6.07) is 72.4. The van der Waals surface area contributed by atoms with Crippen molar-refractivity contribution in [1.82, 2.24) is 0 Å². The number of anilines is 3. The zero-order valence-corrected chi connectivity index (χ0v) is 32.9. The molecule has 3 aromatic heterocycles. The minimum atomic E-state index is 0.868. The molecule has 0 aliphatic heterocycles. The third-order valence-corrected chi connectivity index (χ3v) is 13.9. The predicted molar refractivity (Wildman–Crippen MR) is 250 cm³/mol. The Morgan fingerprint density at radius 3 is 1.50 bits per heavy atom. The number of rotatable bonds is 6. The smallest absolute Gasteiger partial charge is 0.159 e. The number of hydrogen-bond donors (Lipinski definition) is 0. The lowest BCUT2D eigenvalue weighted by Crippen LogP contribution is -2.10. The van der Waals surface area contributed by atoms with E-state index < -0.39 is 0 Å². The molecule has 4 heteroatoms. The van der Waals surface area contributed by atoms with Gasteiger partial charge in [-0.3, -0.25) is 0 Å². The van der Waals surface area contributed by atoms with Gasteiger partial charge in [-0.25, -0.2) is 0 Å². The van der Waals surface area contributed by atoms with Crippen LogP contribution in [0.4, 0.5) is 17.1 Å². The molecular formula is C54H33NOS2. The largest absolute Gasteiger partial charge is 0.453 e. The molecule has 0 saturated heterocycles. The van der Waals surface area contributed by atoms with E-state index in [1.54, 1.807) is 0 Å². The summed E-state index contributed by atoms with van der Waals surface area (Å²) in [5.74, 6) is 0. The van der Waals surface area contributed by atoms with Crippen LogP contribution < -0.4 is 4.90 Å². The highest BCUT2D eigenvalue weighted by Crippen LogP contribution is 2.48. The highest BCUT2D eigenvalue weighted by atomic mass is 32.1. The SMILES string of the molecule is c1ccc(-c2cccc3c2oc2c(N(c4ccc(-c5ccc(-c6cccc7c6sc6ccccc67)cc5)cc4)c4cccc5c4sc4ccccc45)cccc23)cc1. The second-order valence-corrected chi connectivity index (χ2v) is 16.9. The fourth-order valence-electron chi connectivity index (χ4n) is 8.76. The molecule has 12 aromatic rings. The number of furan rings is 1. The summed E-state index contributed by atoms with van der Waals surface area (Å²) in [5, 5.41) is 7.40. The van der Waals surface area contributed by atoms with Crippen LogP contribution in [0.2, 0.25) is 0 Å². The van der Waals surface area contributed by atoms with Crippen LogP contribution >= 0.6 is 22.7 Å². The fraction of sp³-hybridized carbons (Fsp3) is 0. The molecule has 0 spiro atoms. The van der Waals surface area contributed by atoms with Gasteiger partial charge in [-0.15, -0.1) is 22.7 Å². The molecule has 3 heterocycles. The zero-order chi connectivity index (χ0) is 38.2. The summed E-state index contributed by atoms with van der Waals surface area (Å²) in [5.41, 5.74) is 12.1. The molecule has 0 radical (unpaired) electrons. The summed E-state index contributed by atoms with van der Waals surface area (Å²) in [4.78, 5) is 2.39. The minimum absolute atomic E-state index is 0.868. The Labute approximate surface area is 343 Å². The average molecular weight is 776 g/mol. The van der Waals surface area contributed by atoms with E-state index in [1.165, 1.54) is 62.6 Å². The van der Waals surface area contributed by atoms with Crippen molar-refractivity contribution in [1.29, 1.82) is 0 Å². The van der Waals surface area contributed by atoms with Gasteiger partial charge < -0.3 is 9.32 Å². The number of hydrogen-bond acceptors (Lipinski definition) is 4. The van der Waals surface area contributed by atoms with Gasteiger partial charge in [0.05, 0.1) is 16.1 Å². The molecule has 2 nitrogen and oxygen atoms in total. The van der Waals surface area contributed by atoms with Gasteiger partial charge >= 0.3 is 0 Å². The van der Waals surface area contributed by atoms with Gasteiger partial charge in [0.1, 0.15) is 5.58 Å². The molecule has 272 valence electrons. The number of fused-ring (bicyclic) bond motifs is 9. The topological polar surface area (TPSA) is 16.4 Å². The number of nitrogens with zero attached hydrogens (tertiary/aromatic N) is 1. The highest BCUT2D eigenvalue weighted by molar-refractivity contribution is 7.26. The van der Waals surface area contributed by atoms with Crippen molar-refractivity contribution in [2.75, 3.05) is 4.90 Å². The second kappa shape index (κ2) is 13.3. The molecule has 0 aliphatic rings. The summed E-state index contributed by atoms with van der Waals surface area (Å²) in [6.45, 7) is 0. The van der Waals surface area contributed by atoms with Crippen molar-refractivity contribution in [3.63, 3.8) is 0 Å². The quantitative estimate of drug-likeness (QED) is 0.167. The van der Waals surface area contributed by atoms with Gasteiger partial charge in [-0.2, -0.15) is 0 Å². The lowest BCUT2D eigenvalue weighted by Gasteiger charge is -2.26. The van der Waals surface area contributed by atoms with E-state index in [-0.39, 0.29) is 0 Å². The Kier molecular flexibility index (Phi) is 7.62. The van der Waals surface area contributed by atoms with Gasteiger partial charge in [-0.05, 0) is 64.2 Å². The Morgan fingerprint density at radius 1 is 0.310 bits per heavy atom. The van der Waals surface area contributed by atoms with E-state index in [0.717, 1.165) is 50.1 Å². The molecule has 0 saturated carbocycles. The normalized spacial score (nSPS) is 11.8. The van der Waals surface area contributed by atoms with Gasteiger partial charge in [-0.1, -0.05) is 164 Å². The molecule has 0 unspecified atom stereocenters. The van der Waals surface area contributed by atoms with Crippen LogP contribution in [0, 0.1) is 0 Å². The molecule has 0 bridgehead atoms. The van der Waals surface area contributed by atoms with Crippen LogP contribution in [0.1, 0.15) is 0 Å². The first-order valence-electron chi connectivity index (χ1n) is 19.6. The number of thiophene rings is 2. The first-order chi connectivity index (χ1) is 28.8. The first-order valence-corrected chi connectivity index (χ1v) is 21.2. The molecule has 12 rings (SSSR count). The summed E-state index contributed by atoms with van der Waals surface area (Å²) in [6.07, 6.45) is 0. The van der Waals surface area contributed by atoms with Crippen LogP contribution in [0.3, 0.4) is 0 Å². The minimum Gasteiger partial charge on any atom is -0.453 e. The molecule has 0 N–H and O–H groups in total. The number of para-hydroxylation sites is 2. The van der Waals surface area contributed by atoms with E-state index in [1.807, 2.05) is 22.7 Å². The maximum absolute atomic E-state index is 7.01. The van der Waals surface area contributed by atoms with E-state index >= 15 is 0 Å².